The van der Waals surface area contributed by atoms with Crippen LogP contribution in [0.1, 0.15) is 47.7 Å². The number of piperidine rings is 2. The standard InChI is InChI=1S/C23H27N3O4S/c27-22-6-4-5-21-19-13-17(15-26(21)22)14-24(16-19)23(28)18-7-9-20(10-8-18)31(29,30)25-11-2-1-3-12-25/h4-10,17,19H,1-3,11-16H2. The summed E-state index contributed by atoms with van der Waals surface area (Å²) in [6, 6.07) is 11.7. The summed E-state index contributed by atoms with van der Waals surface area (Å²) in [6.45, 7) is 2.95. The molecule has 0 radical (unpaired) electrons. The van der Waals surface area contributed by atoms with Gasteiger partial charge in [-0.15, -0.1) is 0 Å². The lowest BCUT2D eigenvalue weighted by atomic mass is 9.83. The van der Waals surface area contributed by atoms with E-state index in [2.05, 4.69) is 0 Å². The fourth-order valence-corrected chi connectivity index (χ4v) is 6.79. The monoisotopic (exact) mass is 441 g/mol. The average Bonchev–Trinajstić information content (AvgIpc) is 2.80. The highest BCUT2D eigenvalue weighted by molar-refractivity contribution is 7.89. The minimum absolute atomic E-state index is 0.0254. The Morgan fingerprint density at radius 2 is 1.65 bits per heavy atom. The Morgan fingerprint density at radius 3 is 2.39 bits per heavy atom. The van der Waals surface area contributed by atoms with Gasteiger partial charge in [-0.1, -0.05) is 12.5 Å². The SMILES string of the molecule is O=C(c1ccc(S(=O)(=O)N2CCCCC2)cc1)N1CC2CC(C1)c1cccc(=O)n1C2. The molecule has 4 heterocycles. The molecule has 2 atom stereocenters. The van der Waals surface area contributed by atoms with Crippen LogP contribution in [0.2, 0.25) is 0 Å². The van der Waals surface area contributed by atoms with Crippen LogP contribution in [0.15, 0.2) is 52.2 Å². The number of amides is 1. The van der Waals surface area contributed by atoms with E-state index in [9.17, 15) is 18.0 Å². The second-order valence-electron chi connectivity index (χ2n) is 8.90. The highest BCUT2D eigenvalue weighted by Gasteiger charge is 2.36. The zero-order valence-electron chi connectivity index (χ0n) is 17.4. The summed E-state index contributed by atoms with van der Waals surface area (Å²) in [5.74, 6) is 0.335. The van der Waals surface area contributed by atoms with Gasteiger partial charge in [-0.25, -0.2) is 8.42 Å². The lowest BCUT2D eigenvalue weighted by Crippen LogP contribution is -2.49. The second-order valence-corrected chi connectivity index (χ2v) is 10.8. The Morgan fingerprint density at radius 1 is 0.903 bits per heavy atom. The van der Waals surface area contributed by atoms with Gasteiger partial charge in [0.25, 0.3) is 11.5 Å². The van der Waals surface area contributed by atoms with Crippen molar-refractivity contribution in [2.45, 2.75) is 43.0 Å². The highest BCUT2D eigenvalue weighted by atomic mass is 32.2. The summed E-state index contributed by atoms with van der Waals surface area (Å²) in [6.07, 6.45) is 3.83. The summed E-state index contributed by atoms with van der Waals surface area (Å²) in [7, 11) is -3.50. The fourth-order valence-electron chi connectivity index (χ4n) is 5.27. The molecule has 1 amide bonds. The molecule has 0 spiro atoms. The molecule has 164 valence electrons. The summed E-state index contributed by atoms with van der Waals surface area (Å²) < 4.78 is 29.1. The van der Waals surface area contributed by atoms with Crippen LogP contribution in [0.25, 0.3) is 0 Å². The maximum absolute atomic E-state index is 13.2. The number of carbonyl (C=O) groups excluding carboxylic acids is 1. The van der Waals surface area contributed by atoms with E-state index in [0.717, 1.165) is 31.4 Å². The van der Waals surface area contributed by atoms with Gasteiger partial charge in [-0.3, -0.25) is 9.59 Å². The summed E-state index contributed by atoms with van der Waals surface area (Å²) in [5, 5.41) is 0. The maximum atomic E-state index is 13.2. The van der Waals surface area contributed by atoms with Crippen LogP contribution < -0.4 is 5.56 Å². The zero-order valence-corrected chi connectivity index (χ0v) is 18.3. The lowest BCUT2D eigenvalue weighted by molar-refractivity contribution is 0.0594. The molecule has 2 saturated heterocycles. The molecule has 2 bridgehead atoms. The van der Waals surface area contributed by atoms with Crippen LogP contribution in [-0.4, -0.2) is 54.3 Å². The van der Waals surface area contributed by atoms with Crippen molar-refractivity contribution in [2.75, 3.05) is 26.2 Å². The predicted octanol–water partition coefficient (Wildman–Crippen LogP) is 2.28. The Labute approximate surface area is 182 Å². The van der Waals surface area contributed by atoms with Crippen LogP contribution in [-0.2, 0) is 16.6 Å². The van der Waals surface area contributed by atoms with Crippen molar-refractivity contribution in [3.05, 3.63) is 64.1 Å². The third kappa shape index (κ3) is 3.72. The van der Waals surface area contributed by atoms with E-state index in [-0.39, 0.29) is 28.2 Å². The topological polar surface area (TPSA) is 79.7 Å². The van der Waals surface area contributed by atoms with E-state index in [4.69, 9.17) is 0 Å². The number of likely N-dealkylation sites (tertiary alicyclic amines) is 1. The van der Waals surface area contributed by atoms with Crippen molar-refractivity contribution in [1.82, 2.24) is 13.8 Å². The number of hydrogen-bond acceptors (Lipinski definition) is 4. The van der Waals surface area contributed by atoms with Crippen molar-refractivity contribution in [1.29, 1.82) is 0 Å². The van der Waals surface area contributed by atoms with Crippen LogP contribution in [0.5, 0.6) is 0 Å². The minimum Gasteiger partial charge on any atom is -0.338 e. The first-order valence-electron chi connectivity index (χ1n) is 11.0. The Kier molecular flexibility index (Phi) is 5.22. The van der Waals surface area contributed by atoms with Crippen molar-refractivity contribution in [2.24, 2.45) is 5.92 Å². The van der Waals surface area contributed by atoms with Crippen LogP contribution in [0.3, 0.4) is 0 Å². The van der Waals surface area contributed by atoms with Gasteiger partial charge in [-0.2, -0.15) is 4.31 Å². The molecule has 0 N–H and O–H groups in total. The maximum Gasteiger partial charge on any atom is 0.253 e. The lowest BCUT2D eigenvalue weighted by Gasteiger charge is -2.42. The van der Waals surface area contributed by atoms with Gasteiger partial charge in [0.05, 0.1) is 4.90 Å². The number of nitrogens with zero attached hydrogens (tertiary/aromatic N) is 3. The summed E-state index contributed by atoms with van der Waals surface area (Å²) >= 11 is 0. The molecule has 31 heavy (non-hydrogen) atoms. The minimum atomic E-state index is -3.50. The van der Waals surface area contributed by atoms with Crippen molar-refractivity contribution >= 4 is 15.9 Å². The molecule has 7 nitrogen and oxygen atoms in total. The van der Waals surface area contributed by atoms with Gasteiger partial charge < -0.3 is 9.47 Å². The van der Waals surface area contributed by atoms with Gasteiger partial charge >= 0.3 is 0 Å². The molecule has 8 heteroatoms. The van der Waals surface area contributed by atoms with Gasteiger partial charge in [0.2, 0.25) is 10.0 Å². The van der Waals surface area contributed by atoms with Crippen molar-refractivity contribution in [3.8, 4) is 0 Å². The van der Waals surface area contributed by atoms with Gasteiger partial charge in [0.15, 0.2) is 0 Å². The third-order valence-electron chi connectivity index (χ3n) is 6.82. The number of aromatic nitrogens is 1. The molecule has 2 fully saturated rings. The van der Waals surface area contributed by atoms with Crippen LogP contribution in [0.4, 0.5) is 0 Å². The van der Waals surface area contributed by atoms with E-state index in [0.29, 0.717) is 38.3 Å². The molecule has 1 aromatic carbocycles. The number of hydrogen-bond donors (Lipinski definition) is 0. The van der Waals surface area contributed by atoms with E-state index >= 15 is 0 Å². The number of benzene rings is 1. The van der Waals surface area contributed by atoms with Gasteiger partial charge in [-0.05, 0) is 55.5 Å². The van der Waals surface area contributed by atoms with E-state index in [1.807, 2.05) is 15.5 Å². The largest absolute Gasteiger partial charge is 0.338 e. The number of rotatable bonds is 3. The molecule has 3 aliphatic heterocycles. The Bertz CT molecular complexity index is 1150. The molecule has 1 aromatic heterocycles. The molecular weight excluding hydrogens is 414 g/mol. The molecule has 5 rings (SSSR count). The molecule has 3 aliphatic rings. The van der Waals surface area contributed by atoms with Crippen molar-refractivity contribution < 1.29 is 13.2 Å². The zero-order chi connectivity index (χ0) is 21.6. The number of pyridine rings is 1. The van der Waals surface area contributed by atoms with E-state index < -0.39 is 10.0 Å². The molecule has 2 aromatic rings. The first-order chi connectivity index (χ1) is 14.9. The van der Waals surface area contributed by atoms with E-state index in [1.54, 1.807) is 40.7 Å². The smallest absolute Gasteiger partial charge is 0.253 e. The van der Waals surface area contributed by atoms with Gasteiger partial charge in [0, 0.05) is 56.0 Å². The van der Waals surface area contributed by atoms with Gasteiger partial charge in [0.1, 0.15) is 0 Å². The average molecular weight is 442 g/mol. The van der Waals surface area contributed by atoms with Crippen molar-refractivity contribution in [3.63, 3.8) is 0 Å². The first kappa shape index (κ1) is 20.5. The van der Waals surface area contributed by atoms with Crippen LogP contribution in [0, 0.1) is 5.92 Å². The van der Waals surface area contributed by atoms with E-state index in [1.165, 1.54) is 0 Å². The fraction of sp³-hybridized carbons (Fsp3) is 0.478. The molecular formula is C23H27N3O4S. The van der Waals surface area contributed by atoms with Crippen LogP contribution >= 0.6 is 0 Å². The second kappa shape index (κ2) is 7.91. The quantitative estimate of drug-likeness (QED) is 0.732. The predicted molar refractivity (Wildman–Crippen MR) is 117 cm³/mol. The molecule has 0 saturated carbocycles. The number of carbonyl (C=O) groups is 1. The summed E-state index contributed by atoms with van der Waals surface area (Å²) in [5.41, 5.74) is 1.53. The first-order valence-corrected chi connectivity index (χ1v) is 12.5. The normalized spacial score (nSPS) is 23.9. The third-order valence-corrected chi connectivity index (χ3v) is 8.73. The summed E-state index contributed by atoms with van der Waals surface area (Å²) in [4.78, 5) is 27.5. The Balaban J connectivity index is 1.34. The molecule has 0 aliphatic carbocycles. The Hall–Kier alpha value is -2.45. The highest BCUT2D eigenvalue weighted by Crippen LogP contribution is 2.35. The molecule has 2 unspecified atom stereocenters. The number of fused-ring (bicyclic) bond motifs is 4. The number of sulfonamides is 1.